The summed E-state index contributed by atoms with van der Waals surface area (Å²) in [6.45, 7) is 0. The second-order valence-corrected chi connectivity index (χ2v) is 3.63. The first-order chi connectivity index (χ1) is 6.18. The first-order valence-electron chi connectivity index (χ1n) is 3.56. The molecule has 2 heterocycles. The smallest absolute Gasteiger partial charge is 0.354 e. The third-order valence-electron chi connectivity index (χ3n) is 1.68. The van der Waals surface area contributed by atoms with Crippen molar-refractivity contribution in [3.8, 4) is 0 Å². The van der Waals surface area contributed by atoms with E-state index in [0.717, 1.165) is 9.22 Å². The average molecular weight is 288 g/mol. The molecule has 2 rings (SSSR count). The summed E-state index contributed by atoms with van der Waals surface area (Å²) < 4.78 is 2.20. The second-order valence-electron chi connectivity index (χ2n) is 2.52. The molecule has 13 heavy (non-hydrogen) atoms. The number of fused-ring (bicyclic) bond motifs is 1. The highest BCUT2D eigenvalue weighted by molar-refractivity contribution is 14.1. The van der Waals surface area contributed by atoms with Gasteiger partial charge in [-0.2, -0.15) is 5.10 Å². The number of hydrogen-bond acceptors (Lipinski definition) is 2. The van der Waals surface area contributed by atoms with Gasteiger partial charge in [0.05, 0.1) is 5.52 Å². The van der Waals surface area contributed by atoms with Crippen LogP contribution >= 0.6 is 22.6 Å². The summed E-state index contributed by atoms with van der Waals surface area (Å²) in [5.74, 6) is -0.968. The lowest BCUT2D eigenvalue weighted by Crippen LogP contribution is -2.05. The molecule has 0 radical (unpaired) electrons. The van der Waals surface area contributed by atoms with Crippen LogP contribution < -0.4 is 0 Å². The number of pyridine rings is 1. The van der Waals surface area contributed by atoms with E-state index in [4.69, 9.17) is 5.11 Å². The van der Waals surface area contributed by atoms with Crippen LogP contribution in [0.25, 0.3) is 5.52 Å². The Morgan fingerprint density at radius 1 is 1.54 bits per heavy atom. The van der Waals surface area contributed by atoms with Gasteiger partial charge in [0, 0.05) is 0 Å². The lowest BCUT2D eigenvalue weighted by molar-refractivity contribution is 0.0687. The van der Waals surface area contributed by atoms with Crippen molar-refractivity contribution < 1.29 is 9.90 Å². The zero-order valence-electron chi connectivity index (χ0n) is 6.44. The van der Waals surface area contributed by atoms with Gasteiger partial charge in [0.1, 0.15) is 9.39 Å². The molecule has 0 unspecified atom stereocenters. The summed E-state index contributed by atoms with van der Waals surface area (Å²) in [5.41, 5.74) is 0.977. The number of aromatic carboxylic acids is 1. The number of hydrogen-bond donors (Lipinski definition) is 1. The van der Waals surface area contributed by atoms with E-state index in [9.17, 15) is 4.79 Å². The summed E-state index contributed by atoms with van der Waals surface area (Å²) in [4.78, 5) is 10.8. The van der Waals surface area contributed by atoms with Gasteiger partial charge in [0.15, 0.2) is 0 Å². The predicted molar refractivity (Wildman–Crippen MR) is 54.9 cm³/mol. The number of aromatic nitrogens is 2. The van der Waals surface area contributed by atoms with Crippen LogP contribution in [0.4, 0.5) is 0 Å². The molecule has 66 valence electrons. The predicted octanol–water partition coefficient (Wildman–Crippen LogP) is 1.64. The highest BCUT2D eigenvalue weighted by Gasteiger charge is 2.08. The molecule has 0 amide bonds. The first kappa shape index (κ1) is 8.49. The van der Waals surface area contributed by atoms with E-state index in [-0.39, 0.29) is 5.69 Å². The molecule has 0 spiro atoms. The largest absolute Gasteiger partial charge is 0.477 e. The Morgan fingerprint density at radius 2 is 2.31 bits per heavy atom. The van der Waals surface area contributed by atoms with E-state index in [1.165, 1.54) is 10.6 Å². The quantitative estimate of drug-likeness (QED) is 0.812. The van der Waals surface area contributed by atoms with E-state index in [1.54, 1.807) is 6.07 Å². The minimum Gasteiger partial charge on any atom is -0.477 e. The molecule has 0 aromatic carbocycles. The van der Waals surface area contributed by atoms with Crippen molar-refractivity contribution in [1.29, 1.82) is 0 Å². The molecule has 4 nitrogen and oxygen atoms in total. The third-order valence-corrected chi connectivity index (χ3v) is 2.20. The van der Waals surface area contributed by atoms with Crippen LogP contribution in [0, 0.1) is 3.70 Å². The molecule has 0 bridgehead atoms. The molecule has 0 aliphatic carbocycles. The van der Waals surface area contributed by atoms with Gasteiger partial charge in [-0.1, -0.05) is 6.07 Å². The second kappa shape index (κ2) is 2.99. The Morgan fingerprint density at radius 3 is 3.00 bits per heavy atom. The van der Waals surface area contributed by atoms with Crippen LogP contribution in [0.15, 0.2) is 24.3 Å². The molecular weight excluding hydrogens is 283 g/mol. The Bertz CT molecular complexity index is 478. The first-order valence-corrected chi connectivity index (χ1v) is 4.64. The van der Waals surface area contributed by atoms with Crippen LogP contribution in [-0.2, 0) is 0 Å². The molecule has 0 aliphatic rings. The van der Waals surface area contributed by atoms with E-state index in [0.29, 0.717) is 0 Å². The van der Waals surface area contributed by atoms with Gasteiger partial charge in [-0.15, -0.1) is 0 Å². The molecule has 2 aromatic rings. The number of carboxylic acids is 1. The molecule has 1 N–H and O–H groups in total. The van der Waals surface area contributed by atoms with E-state index < -0.39 is 5.97 Å². The summed E-state index contributed by atoms with van der Waals surface area (Å²) in [5, 5.41) is 12.9. The number of rotatable bonds is 1. The van der Waals surface area contributed by atoms with Gasteiger partial charge < -0.3 is 5.11 Å². The van der Waals surface area contributed by atoms with Crippen molar-refractivity contribution in [1.82, 2.24) is 9.61 Å². The monoisotopic (exact) mass is 288 g/mol. The van der Waals surface area contributed by atoms with Crippen molar-refractivity contribution >= 4 is 34.1 Å². The standard InChI is InChI=1S/C8H5IN2O2/c9-7-4-5-2-1-3-6(8(12)13)11(5)10-7/h1-4H,(H,12,13). The number of nitrogens with zero attached hydrogens (tertiary/aromatic N) is 2. The number of carboxylic acid groups (broad SMARTS) is 1. The molecule has 0 saturated carbocycles. The Balaban J connectivity index is 2.82. The summed E-state index contributed by atoms with van der Waals surface area (Å²) in [6.07, 6.45) is 0. The summed E-state index contributed by atoms with van der Waals surface area (Å²) in [7, 11) is 0. The van der Waals surface area contributed by atoms with E-state index in [2.05, 4.69) is 5.10 Å². The lowest BCUT2D eigenvalue weighted by Gasteiger charge is -1.97. The Hall–Kier alpha value is -1.11. The molecule has 0 atom stereocenters. The number of carbonyl (C=O) groups is 1. The Kier molecular flexibility index (Phi) is 1.95. The van der Waals surface area contributed by atoms with Crippen LogP contribution in [-0.4, -0.2) is 20.7 Å². The van der Waals surface area contributed by atoms with Crippen LogP contribution in [0.2, 0.25) is 0 Å². The molecule has 0 fully saturated rings. The van der Waals surface area contributed by atoms with Crippen LogP contribution in [0.5, 0.6) is 0 Å². The van der Waals surface area contributed by atoms with Gasteiger partial charge in [-0.3, -0.25) is 0 Å². The fraction of sp³-hybridized carbons (Fsp3) is 0. The van der Waals surface area contributed by atoms with Crippen LogP contribution in [0.1, 0.15) is 10.5 Å². The van der Waals surface area contributed by atoms with E-state index in [1.807, 2.05) is 34.7 Å². The minimum atomic E-state index is -0.968. The van der Waals surface area contributed by atoms with Gasteiger partial charge in [0.2, 0.25) is 0 Å². The Labute approximate surface area is 87.3 Å². The fourth-order valence-electron chi connectivity index (χ4n) is 1.15. The van der Waals surface area contributed by atoms with Crippen molar-refractivity contribution in [3.05, 3.63) is 33.7 Å². The van der Waals surface area contributed by atoms with Crippen molar-refractivity contribution in [2.75, 3.05) is 0 Å². The molecule has 2 aromatic heterocycles. The molecule has 0 saturated heterocycles. The topological polar surface area (TPSA) is 54.6 Å². The minimum absolute atomic E-state index is 0.181. The number of halogens is 1. The lowest BCUT2D eigenvalue weighted by atomic mass is 10.3. The van der Waals surface area contributed by atoms with Gasteiger partial charge >= 0.3 is 5.97 Å². The van der Waals surface area contributed by atoms with Gasteiger partial charge in [0.25, 0.3) is 0 Å². The van der Waals surface area contributed by atoms with Gasteiger partial charge in [-0.05, 0) is 40.8 Å². The maximum Gasteiger partial charge on any atom is 0.354 e. The molecule has 5 heteroatoms. The third kappa shape index (κ3) is 1.39. The highest BCUT2D eigenvalue weighted by Crippen LogP contribution is 2.10. The van der Waals surface area contributed by atoms with Gasteiger partial charge in [-0.25, -0.2) is 9.31 Å². The SMILES string of the molecule is O=C(O)c1cccc2cc(I)nn12. The van der Waals surface area contributed by atoms with E-state index >= 15 is 0 Å². The maximum atomic E-state index is 10.8. The van der Waals surface area contributed by atoms with Crippen molar-refractivity contribution in [2.45, 2.75) is 0 Å². The summed E-state index contributed by atoms with van der Waals surface area (Å²) in [6, 6.07) is 6.88. The normalized spacial score (nSPS) is 10.5. The van der Waals surface area contributed by atoms with Crippen molar-refractivity contribution in [2.24, 2.45) is 0 Å². The zero-order valence-corrected chi connectivity index (χ0v) is 8.59. The summed E-state index contributed by atoms with van der Waals surface area (Å²) >= 11 is 2.05. The van der Waals surface area contributed by atoms with Crippen LogP contribution in [0.3, 0.4) is 0 Å². The van der Waals surface area contributed by atoms with Crippen molar-refractivity contribution in [3.63, 3.8) is 0 Å². The fourth-order valence-corrected chi connectivity index (χ4v) is 1.68. The maximum absolute atomic E-state index is 10.8. The average Bonchev–Trinajstić information content (AvgIpc) is 2.43. The zero-order chi connectivity index (χ0) is 9.42. The molecular formula is C8H5IN2O2. The molecule has 0 aliphatic heterocycles. The highest BCUT2D eigenvalue weighted by atomic mass is 127.